The van der Waals surface area contributed by atoms with Crippen molar-refractivity contribution in [3.8, 4) is 0 Å². The van der Waals surface area contributed by atoms with E-state index in [0.29, 0.717) is 13.2 Å². The Morgan fingerprint density at radius 3 is 2.44 bits per heavy atom. The van der Waals surface area contributed by atoms with Gasteiger partial charge in [-0.05, 0) is 13.3 Å². The summed E-state index contributed by atoms with van der Waals surface area (Å²) in [6.07, 6.45) is -3.88. The first-order chi connectivity index (χ1) is 8.56. The van der Waals surface area contributed by atoms with E-state index in [4.69, 9.17) is 9.47 Å². The van der Waals surface area contributed by atoms with Crippen molar-refractivity contribution in [3.05, 3.63) is 0 Å². The Morgan fingerprint density at radius 1 is 1.28 bits per heavy atom. The number of ketones is 1. The molecule has 2 N–H and O–H groups in total. The standard InChI is InChI=1S/C11H18O7/c1-2-16-11(15)10(14)9(13)7(12)6-8-17-4-3-5-18-8/h8-10,13-14H,2-6H2,1H3/t9-,10+/m1/s1. The fourth-order valence-electron chi connectivity index (χ4n) is 1.47. The number of hydrogen-bond acceptors (Lipinski definition) is 7. The highest BCUT2D eigenvalue weighted by molar-refractivity contribution is 5.89. The van der Waals surface area contributed by atoms with Gasteiger partial charge in [0.25, 0.3) is 0 Å². The summed E-state index contributed by atoms with van der Waals surface area (Å²) in [6.45, 7) is 2.58. The molecule has 1 heterocycles. The van der Waals surface area contributed by atoms with E-state index >= 15 is 0 Å². The number of rotatable bonds is 6. The predicted octanol–water partition coefficient (Wildman–Crippen LogP) is -1.01. The normalized spacial score (nSPS) is 20.2. The Morgan fingerprint density at radius 2 is 1.89 bits per heavy atom. The van der Waals surface area contributed by atoms with Crippen LogP contribution in [0, 0.1) is 0 Å². The van der Waals surface area contributed by atoms with Crippen molar-refractivity contribution in [2.75, 3.05) is 19.8 Å². The van der Waals surface area contributed by atoms with E-state index in [1.54, 1.807) is 6.92 Å². The molecule has 1 rings (SSSR count). The molecule has 2 atom stereocenters. The molecular weight excluding hydrogens is 244 g/mol. The van der Waals surface area contributed by atoms with Gasteiger partial charge in [-0.15, -0.1) is 0 Å². The van der Waals surface area contributed by atoms with Gasteiger partial charge in [0.15, 0.2) is 18.2 Å². The van der Waals surface area contributed by atoms with E-state index < -0.39 is 30.3 Å². The van der Waals surface area contributed by atoms with Crippen molar-refractivity contribution in [1.82, 2.24) is 0 Å². The number of hydrogen-bond donors (Lipinski definition) is 2. The second-order valence-electron chi connectivity index (χ2n) is 3.84. The number of carbonyl (C=O) groups is 2. The number of esters is 1. The van der Waals surface area contributed by atoms with E-state index in [9.17, 15) is 19.8 Å². The number of Topliss-reactive ketones (excluding diaryl/α,β-unsaturated/α-hetero) is 1. The van der Waals surface area contributed by atoms with Gasteiger partial charge in [0.2, 0.25) is 0 Å². The lowest BCUT2D eigenvalue weighted by Crippen LogP contribution is -2.42. The summed E-state index contributed by atoms with van der Waals surface area (Å²) in [6, 6.07) is 0. The fraction of sp³-hybridized carbons (Fsp3) is 0.818. The molecular formula is C11H18O7. The van der Waals surface area contributed by atoms with Gasteiger partial charge in [-0.2, -0.15) is 0 Å². The Kier molecular flexibility index (Phi) is 6.20. The molecule has 104 valence electrons. The summed E-state index contributed by atoms with van der Waals surface area (Å²) in [7, 11) is 0. The van der Waals surface area contributed by atoms with Gasteiger partial charge in [-0.1, -0.05) is 0 Å². The molecule has 1 aliphatic rings. The maximum atomic E-state index is 11.6. The van der Waals surface area contributed by atoms with Gasteiger partial charge < -0.3 is 24.4 Å². The van der Waals surface area contributed by atoms with Gasteiger partial charge in [-0.25, -0.2) is 4.79 Å². The Bertz CT molecular complexity index is 285. The highest BCUT2D eigenvalue weighted by Crippen LogP contribution is 2.11. The van der Waals surface area contributed by atoms with Crippen LogP contribution in [0.1, 0.15) is 19.8 Å². The lowest BCUT2D eigenvalue weighted by atomic mass is 10.1. The molecule has 0 spiro atoms. The SMILES string of the molecule is CCOC(=O)[C@@H](O)[C@H](O)C(=O)CC1OCCCO1. The third-order valence-electron chi connectivity index (χ3n) is 2.42. The van der Waals surface area contributed by atoms with Crippen molar-refractivity contribution in [1.29, 1.82) is 0 Å². The maximum absolute atomic E-state index is 11.6. The topological polar surface area (TPSA) is 102 Å². The summed E-state index contributed by atoms with van der Waals surface area (Å²) in [5.41, 5.74) is 0. The van der Waals surface area contributed by atoms with Gasteiger partial charge in [-0.3, -0.25) is 4.79 Å². The Balaban J connectivity index is 2.41. The summed E-state index contributed by atoms with van der Waals surface area (Å²) in [4.78, 5) is 22.7. The molecule has 18 heavy (non-hydrogen) atoms. The zero-order valence-electron chi connectivity index (χ0n) is 10.2. The molecule has 0 saturated carbocycles. The molecule has 0 aromatic rings. The zero-order chi connectivity index (χ0) is 13.5. The molecule has 7 nitrogen and oxygen atoms in total. The van der Waals surface area contributed by atoms with Crippen LogP contribution in [-0.2, 0) is 23.8 Å². The second kappa shape index (κ2) is 7.42. The summed E-state index contributed by atoms with van der Waals surface area (Å²) in [5.74, 6) is -1.74. The third-order valence-corrected chi connectivity index (χ3v) is 2.42. The van der Waals surface area contributed by atoms with Gasteiger partial charge in [0.05, 0.1) is 26.2 Å². The third kappa shape index (κ3) is 4.34. The monoisotopic (exact) mass is 262 g/mol. The smallest absolute Gasteiger partial charge is 0.338 e. The van der Waals surface area contributed by atoms with Crippen LogP contribution >= 0.6 is 0 Å². The van der Waals surface area contributed by atoms with Crippen molar-refractivity contribution in [2.45, 2.75) is 38.3 Å². The van der Waals surface area contributed by atoms with Crippen LogP contribution in [0.25, 0.3) is 0 Å². The van der Waals surface area contributed by atoms with E-state index in [0.717, 1.165) is 6.42 Å². The predicted molar refractivity (Wildman–Crippen MR) is 58.6 cm³/mol. The molecule has 0 aromatic heterocycles. The first kappa shape index (κ1) is 15.0. The molecule has 1 saturated heterocycles. The van der Waals surface area contributed by atoms with Crippen LogP contribution < -0.4 is 0 Å². The lowest BCUT2D eigenvalue weighted by molar-refractivity contribution is -0.188. The van der Waals surface area contributed by atoms with Gasteiger partial charge >= 0.3 is 5.97 Å². The first-order valence-electron chi connectivity index (χ1n) is 5.85. The molecule has 0 aromatic carbocycles. The quantitative estimate of drug-likeness (QED) is 0.591. The van der Waals surface area contributed by atoms with E-state index in [-0.39, 0.29) is 13.0 Å². The molecule has 1 aliphatic heterocycles. The van der Waals surface area contributed by atoms with Crippen LogP contribution in [0.5, 0.6) is 0 Å². The van der Waals surface area contributed by atoms with E-state index in [1.165, 1.54) is 0 Å². The van der Waals surface area contributed by atoms with Gasteiger partial charge in [0.1, 0.15) is 6.10 Å². The maximum Gasteiger partial charge on any atom is 0.338 e. The first-order valence-corrected chi connectivity index (χ1v) is 5.85. The van der Waals surface area contributed by atoms with Crippen molar-refractivity contribution < 1.29 is 34.0 Å². The van der Waals surface area contributed by atoms with Crippen LogP contribution in [0.3, 0.4) is 0 Å². The molecule has 7 heteroatoms. The van der Waals surface area contributed by atoms with Gasteiger partial charge in [0, 0.05) is 0 Å². The molecule has 0 unspecified atom stereocenters. The zero-order valence-corrected chi connectivity index (χ0v) is 10.2. The number of carbonyl (C=O) groups excluding carboxylic acids is 2. The highest BCUT2D eigenvalue weighted by Gasteiger charge is 2.33. The minimum absolute atomic E-state index is 0.0612. The van der Waals surface area contributed by atoms with E-state index in [2.05, 4.69) is 4.74 Å². The summed E-state index contributed by atoms with van der Waals surface area (Å²) >= 11 is 0. The number of ether oxygens (including phenoxy) is 3. The fourth-order valence-corrected chi connectivity index (χ4v) is 1.47. The van der Waals surface area contributed by atoms with Crippen molar-refractivity contribution >= 4 is 11.8 Å². The molecule has 0 amide bonds. The summed E-state index contributed by atoms with van der Waals surface area (Å²) < 4.78 is 14.8. The van der Waals surface area contributed by atoms with Crippen molar-refractivity contribution in [3.63, 3.8) is 0 Å². The largest absolute Gasteiger partial charge is 0.464 e. The molecule has 0 bridgehead atoms. The van der Waals surface area contributed by atoms with Crippen LogP contribution in [0.15, 0.2) is 0 Å². The average molecular weight is 262 g/mol. The molecule has 0 radical (unpaired) electrons. The lowest BCUT2D eigenvalue weighted by Gasteiger charge is -2.24. The second-order valence-corrected chi connectivity index (χ2v) is 3.84. The summed E-state index contributed by atoms with van der Waals surface area (Å²) in [5, 5.41) is 18.9. The minimum atomic E-state index is -1.87. The van der Waals surface area contributed by atoms with Crippen LogP contribution in [0.4, 0.5) is 0 Å². The van der Waals surface area contributed by atoms with Crippen LogP contribution in [-0.4, -0.2) is 60.3 Å². The minimum Gasteiger partial charge on any atom is -0.464 e. The highest BCUT2D eigenvalue weighted by atomic mass is 16.7. The van der Waals surface area contributed by atoms with E-state index in [1.807, 2.05) is 0 Å². The Labute approximate surface area is 105 Å². The average Bonchev–Trinajstić information content (AvgIpc) is 2.38. The van der Waals surface area contributed by atoms with Crippen molar-refractivity contribution in [2.24, 2.45) is 0 Å². The molecule has 1 fully saturated rings. The van der Waals surface area contributed by atoms with Crippen LogP contribution in [0.2, 0.25) is 0 Å². The molecule has 0 aliphatic carbocycles. The number of aliphatic hydroxyl groups is 2. The number of aliphatic hydroxyl groups excluding tert-OH is 2. The Hall–Kier alpha value is -1.02.